The van der Waals surface area contributed by atoms with Crippen LogP contribution in [-0.4, -0.2) is 34.1 Å². The number of hydrogen-bond donors (Lipinski definition) is 0. The van der Waals surface area contributed by atoms with Crippen molar-refractivity contribution in [3.63, 3.8) is 0 Å². The molecule has 2 heterocycles. The van der Waals surface area contributed by atoms with Crippen LogP contribution >= 0.6 is 0 Å². The number of nitrogens with zero attached hydrogens (tertiary/aromatic N) is 4. The molecule has 2 aromatic rings. The maximum Gasteiger partial charge on any atom is 0.280 e. The van der Waals surface area contributed by atoms with Crippen LogP contribution in [0.5, 0.6) is 5.75 Å². The van der Waals surface area contributed by atoms with E-state index in [1.807, 2.05) is 26.0 Å². The standard InChI is InChI=1S/C18H24N4O2/c1-6-22-19-12(2)15(20-22)17(23)21-10-11-24-16-13(18(3,4)5)8-7-9-14(16)21/h7-9H,6,10-11H2,1-5H3. The van der Waals surface area contributed by atoms with Crippen LogP contribution in [0.1, 0.15) is 49.4 Å². The van der Waals surface area contributed by atoms with E-state index in [0.29, 0.717) is 31.1 Å². The van der Waals surface area contributed by atoms with Gasteiger partial charge in [0.15, 0.2) is 5.69 Å². The summed E-state index contributed by atoms with van der Waals surface area (Å²) in [5, 5.41) is 8.61. The Bertz CT molecular complexity index is 774. The Hall–Kier alpha value is -2.37. The molecular formula is C18H24N4O2. The van der Waals surface area contributed by atoms with Crippen molar-refractivity contribution in [2.45, 2.75) is 46.6 Å². The van der Waals surface area contributed by atoms with Gasteiger partial charge in [-0.15, -0.1) is 5.10 Å². The molecule has 0 atom stereocenters. The van der Waals surface area contributed by atoms with Gasteiger partial charge in [-0.1, -0.05) is 32.9 Å². The zero-order valence-corrected chi connectivity index (χ0v) is 15.0. The fraction of sp³-hybridized carbons (Fsp3) is 0.500. The molecule has 0 saturated heterocycles. The number of carbonyl (C=O) groups is 1. The Kier molecular flexibility index (Phi) is 4.07. The Labute approximate surface area is 142 Å². The average Bonchev–Trinajstić information content (AvgIpc) is 2.93. The van der Waals surface area contributed by atoms with Gasteiger partial charge in [-0.05, 0) is 25.3 Å². The number of para-hydroxylation sites is 1. The first-order valence-electron chi connectivity index (χ1n) is 8.32. The van der Waals surface area contributed by atoms with Crippen LogP contribution in [0, 0.1) is 6.92 Å². The maximum absolute atomic E-state index is 13.0. The zero-order valence-electron chi connectivity index (χ0n) is 15.0. The highest BCUT2D eigenvalue weighted by Crippen LogP contribution is 2.41. The van der Waals surface area contributed by atoms with Crippen LogP contribution in [0.2, 0.25) is 0 Å². The second kappa shape index (κ2) is 5.92. The highest BCUT2D eigenvalue weighted by Gasteiger charge is 2.31. The molecular weight excluding hydrogens is 304 g/mol. The van der Waals surface area contributed by atoms with Gasteiger partial charge in [-0.25, -0.2) is 0 Å². The number of rotatable bonds is 2. The van der Waals surface area contributed by atoms with E-state index in [4.69, 9.17) is 4.74 Å². The first kappa shape index (κ1) is 16.5. The molecule has 1 aromatic carbocycles. The molecule has 0 spiro atoms. The lowest BCUT2D eigenvalue weighted by molar-refractivity contribution is 0.0970. The van der Waals surface area contributed by atoms with Gasteiger partial charge in [0.05, 0.1) is 24.5 Å². The fourth-order valence-electron chi connectivity index (χ4n) is 2.95. The fourth-order valence-corrected chi connectivity index (χ4v) is 2.95. The van der Waals surface area contributed by atoms with E-state index in [1.54, 1.807) is 9.70 Å². The third-order valence-electron chi connectivity index (χ3n) is 4.21. The Morgan fingerprint density at radius 2 is 2.04 bits per heavy atom. The van der Waals surface area contributed by atoms with Gasteiger partial charge in [0.25, 0.3) is 5.91 Å². The summed E-state index contributed by atoms with van der Waals surface area (Å²) >= 11 is 0. The number of carbonyl (C=O) groups excluding carboxylic acids is 1. The average molecular weight is 328 g/mol. The van der Waals surface area contributed by atoms with Crippen LogP contribution in [-0.2, 0) is 12.0 Å². The van der Waals surface area contributed by atoms with E-state index in [1.165, 1.54) is 0 Å². The Morgan fingerprint density at radius 3 is 2.67 bits per heavy atom. The quantitative estimate of drug-likeness (QED) is 0.850. The number of benzene rings is 1. The van der Waals surface area contributed by atoms with Gasteiger partial charge in [0.1, 0.15) is 12.4 Å². The predicted octanol–water partition coefficient (Wildman–Crippen LogP) is 2.94. The van der Waals surface area contributed by atoms with E-state index in [9.17, 15) is 4.79 Å². The molecule has 24 heavy (non-hydrogen) atoms. The van der Waals surface area contributed by atoms with Crippen molar-refractivity contribution in [3.8, 4) is 5.75 Å². The summed E-state index contributed by atoms with van der Waals surface area (Å²) in [5.41, 5.74) is 2.92. The third-order valence-corrected chi connectivity index (χ3v) is 4.21. The number of fused-ring (bicyclic) bond motifs is 1. The third kappa shape index (κ3) is 2.77. The molecule has 0 saturated carbocycles. The van der Waals surface area contributed by atoms with Crippen LogP contribution in [0.4, 0.5) is 5.69 Å². The summed E-state index contributed by atoms with van der Waals surface area (Å²) in [4.78, 5) is 16.3. The van der Waals surface area contributed by atoms with Crippen LogP contribution in [0.25, 0.3) is 0 Å². The highest BCUT2D eigenvalue weighted by molar-refractivity contribution is 6.06. The molecule has 1 aliphatic heterocycles. The summed E-state index contributed by atoms with van der Waals surface area (Å²) < 4.78 is 5.92. The number of anilines is 1. The van der Waals surface area contributed by atoms with Crippen LogP contribution in [0.3, 0.4) is 0 Å². The molecule has 1 amide bonds. The molecule has 0 bridgehead atoms. The molecule has 6 heteroatoms. The summed E-state index contributed by atoms with van der Waals surface area (Å²) in [5.74, 6) is 0.674. The molecule has 0 unspecified atom stereocenters. The van der Waals surface area contributed by atoms with Gasteiger partial charge >= 0.3 is 0 Å². The van der Waals surface area contributed by atoms with Gasteiger partial charge < -0.3 is 4.74 Å². The maximum atomic E-state index is 13.0. The lowest BCUT2D eigenvalue weighted by Crippen LogP contribution is -2.39. The summed E-state index contributed by atoms with van der Waals surface area (Å²) in [6.07, 6.45) is 0. The number of hydrogen-bond acceptors (Lipinski definition) is 4. The number of amides is 1. The zero-order chi connectivity index (χ0) is 17.5. The van der Waals surface area contributed by atoms with Crippen molar-refractivity contribution in [3.05, 3.63) is 35.2 Å². The lowest BCUT2D eigenvalue weighted by atomic mass is 9.85. The molecule has 128 valence electrons. The minimum atomic E-state index is -0.122. The first-order chi connectivity index (χ1) is 11.3. The van der Waals surface area contributed by atoms with Crippen molar-refractivity contribution >= 4 is 11.6 Å². The van der Waals surface area contributed by atoms with Crippen LogP contribution < -0.4 is 9.64 Å². The van der Waals surface area contributed by atoms with E-state index >= 15 is 0 Å². The number of aromatic nitrogens is 3. The van der Waals surface area contributed by atoms with Crippen molar-refractivity contribution in [2.75, 3.05) is 18.1 Å². The highest BCUT2D eigenvalue weighted by atomic mass is 16.5. The monoisotopic (exact) mass is 328 g/mol. The molecule has 0 N–H and O–H groups in total. The molecule has 0 radical (unpaired) electrons. The predicted molar refractivity (Wildman–Crippen MR) is 92.7 cm³/mol. The molecule has 6 nitrogen and oxygen atoms in total. The minimum absolute atomic E-state index is 0.0569. The first-order valence-corrected chi connectivity index (χ1v) is 8.32. The molecule has 0 fully saturated rings. The number of aryl methyl sites for hydroxylation is 2. The molecule has 0 aliphatic carbocycles. The van der Waals surface area contributed by atoms with Crippen molar-refractivity contribution in [1.29, 1.82) is 0 Å². The van der Waals surface area contributed by atoms with Gasteiger partial charge in [-0.3, -0.25) is 9.69 Å². The van der Waals surface area contributed by atoms with Gasteiger partial charge in [0, 0.05) is 5.56 Å². The van der Waals surface area contributed by atoms with E-state index in [-0.39, 0.29) is 11.3 Å². The van der Waals surface area contributed by atoms with Crippen molar-refractivity contribution in [2.24, 2.45) is 0 Å². The minimum Gasteiger partial charge on any atom is -0.489 e. The second-order valence-electron chi connectivity index (χ2n) is 7.03. The SMILES string of the molecule is CCn1nc(C)c(C(=O)N2CCOc3c2cccc3C(C)(C)C)n1. The summed E-state index contributed by atoms with van der Waals surface area (Å²) in [7, 11) is 0. The topological polar surface area (TPSA) is 60.2 Å². The van der Waals surface area contributed by atoms with Crippen molar-refractivity contribution in [1.82, 2.24) is 15.0 Å². The Balaban J connectivity index is 2.03. The lowest BCUT2D eigenvalue weighted by Gasteiger charge is -2.33. The van der Waals surface area contributed by atoms with Crippen LogP contribution in [0.15, 0.2) is 18.2 Å². The van der Waals surface area contributed by atoms with E-state index in [2.05, 4.69) is 37.0 Å². The molecule has 3 rings (SSSR count). The normalized spacial score (nSPS) is 14.3. The molecule has 1 aliphatic rings. The summed E-state index contributed by atoms with van der Waals surface area (Å²) in [6, 6.07) is 5.97. The largest absolute Gasteiger partial charge is 0.489 e. The smallest absolute Gasteiger partial charge is 0.280 e. The van der Waals surface area contributed by atoms with Gasteiger partial charge in [0.2, 0.25) is 0 Å². The van der Waals surface area contributed by atoms with Crippen molar-refractivity contribution < 1.29 is 9.53 Å². The van der Waals surface area contributed by atoms with E-state index < -0.39 is 0 Å². The van der Waals surface area contributed by atoms with E-state index in [0.717, 1.165) is 17.0 Å². The van der Waals surface area contributed by atoms with Gasteiger partial charge in [-0.2, -0.15) is 9.90 Å². The molecule has 1 aromatic heterocycles. The second-order valence-corrected chi connectivity index (χ2v) is 7.03. The summed E-state index contributed by atoms with van der Waals surface area (Å²) in [6.45, 7) is 11.8. The Morgan fingerprint density at radius 1 is 1.29 bits per heavy atom. The number of ether oxygens (including phenoxy) is 1.